The van der Waals surface area contributed by atoms with Crippen molar-refractivity contribution in [2.24, 2.45) is 0 Å². The normalized spacial score (nSPS) is 11.7. The molecule has 5 aromatic rings. The van der Waals surface area contributed by atoms with Gasteiger partial charge in [0.05, 0.1) is 11.6 Å². The molecule has 0 saturated carbocycles. The van der Waals surface area contributed by atoms with Crippen molar-refractivity contribution in [2.75, 3.05) is 0 Å². The molecule has 0 aliphatic carbocycles. The zero-order valence-electron chi connectivity index (χ0n) is 17.4. The lowest BCUT2D eigenvalue weighted by molar-refractivity contribution is 0.836. The summed E-state index contributed by atoms with van der Waals surface area (Å²) in [6.45, 7) is 2.90. The maximum atomic E-state index is 10.0. The smallest absolute Gasteiger partial charge is 0.0998 e. The average Bonchev–Trinajstić information content (AvgIpc) is 3.16. The van der Waals surface area contributed by atoms with Crippen LogP contribution in [0.3, 0.4) is 0 Å². The van der Waals surface area contributed by atoms with E-state index in [4.69, 9.17) is 0 Å². The summed E-state index contributed by atoms with van der Waals surface area (Å²) in [4.78, 5) is 0. The molecule has 31 heavy (non-hydrogen) atoms. The fourth-order valence-electron chi connectivity index (χ4n) is 4.20. The highest BCUT2D eigenvalue weighted by molar-refractivity contribution is 6.04. The predicted octanol–water partition coefficient (Wildman–Crippen LogP) is 7.22. The Morgan fingerprint density at radius 1 is 0.839 bits per heavy atom. The zero-order chi connectivity index (χ0) is 21.2. The van der Waals surface area contributed by atoms with Crippen LogP contribution >= 0.6 is 0 Å². The van der Waals surface area contributed by atoms with Gasteiger partial charge in [-0.2, -0.15) is 5.26 Å². The summed E-state index contributed by atoms with van der Waals surface area (Å²) in [7, 11) is 0. The first-order valence-electron chi connectivity index (χ1n) is 10.5. The van der Waals surface area contributed by atoms with Crippen LogP contribution in [0.4, 0.5) is 0 Å². The Morgan fingerprint density at radius 3 is 2.35 bits per heavy atom. The molecule has 0 aliphatic heterocycles. The molecule has 0 N–H and O–H groups in total. The van der Waals surface area contributed by atoms with E-state index in [1.54, 1.807) is 0 Å². The van der Waals surface area contributed by atoms with E-state index in [-0.39, 0.29) is 0 Å². The number of nitriles is 1. The Hall–Kier alpha value is -4.09. The Morgan fingerprint density at radius 2 is 1.55 bits per heavy atom. The van der Waals surface area contributed by atoms with Gasteiger partial charge in [0.1, 0.15) is 0 Å². The molecule has 5 rings (SSSR count). The fraction of sp³-hybridized carbons (Fsp3) is 0.0690. The summed E-state index contributed by atoms with van der Waals surface area (Å²) in [5.41, 5.74) is 6.40. The maximum Gasteiger partial charge on any atom is 0.0998 e. The third-order valence-corrected chi connectivity index (χ3v) is 5.79. The Kier molecular flexibility index (Phi) is 4.86. The average molecular weight is 399 g/mol. The second-order valence-electron chi connectivity index (χ2n) is 7.91. The first-order valence-corrected chi connectivity index (χ1v) is 10.5. The molecule has 4 aromatic carbocycles. The molecule has 1 aromatic heterocycles. The van der Waals surface area contributed by atoms with E-state index in [0.29, 0.717) is 5.57 Å². The third-order valence-electron chi connectivity index (χ3n) is 5.79. The van der Waals surface area contributed by atoms with Crippen LogP contribution in [0.15, 0.2) is 97.2 Å². The number of aryl methyl sites for hydroxylation is 1. The number of nitrogens with zero attached hydrogens (tertiary/aromatic N) is 2. The van der Waals surface area contributed by atoms with Gasteiger partial charge in [-0.1, -0.05) is 90.5 Å². The second-order valence-corrected chi connectivity index (χ2v) is 7.91. The molecule has 0 fully saturated rings. The van der Waals surface area contributed by atoms with Crippen LogP contribution in [-0.2, 0) is 6.54 Å². The van der Waals surface area contributed by atoms with Gasteiger partial charge in [0.2, 0.25) is 0 Å². The minimum atomic E-state index is 0.676. The largest absolute Gasteiger partial charge is 0.342 e. The summed E-state index contributed by atoms with van der Waals surface area (Å²) in [5.74, 6) is 0. The van der Waals surface area contributed by atoms with E-state index in [2.05, 4.69) is 90.5 Å². The lowest BCUT2D eigenvalue weighted by Gasteiger charge is -2.06. The number of para-hydroxylation sites is 1. The lowest BCUT2D eigenvalue weighted by atomic mass is 9.97. The highest BCUT2D eigenvalue weighted by atomic mass is 15.0. The van der Waals surface area contributed by atoms with E-state index in [1.165, 1.54) is 16.6 Å². The molecule has 0 spiro atoms. The topological polar surface area (TPSA) is 28.7 Å². The molecule has 1 heterocycles. The molecular formula is C29H22N2. The molecule has 0 saturated heterocycles. The summed E-state index contributed by atoms with van der Waals surface area (Å²) in [6.07, 6.45) is 4.18. The Balaban J connectivity index is 1.63. The van der Waals surface area contributed by atoms with Crippen LogP contribution in [-0.4, -0.2) is 4.57 Å². The molecule has 0 bridgehead atoms. The summed E-state index contributed by atoms with van der Waals surface area (Å²) in [6, 6.07) is 33.8. The molecule has 2 heteroatoms. The maximum absolute atomic E-state index is 10.0. The van der Waals surface area contributed by atoms with Crippen LogP contribution in [0.2, 0.25) is 0 Å². The van der Waals surface area contributed by atoms with Crippen molar-refractivity contribution in [3.8, 4) is 6.07 Å². The zero-order valence-corrected chi connectivity index (χ0v) is 17.4. The van der Waals surface area contributed by atoms with Crippen LogP contribution in [0.1, 0.15) is 22.3 Å². The third kappa shape index (κ3) is 3.63. The van der Waals surface area contributed by atoms with E-state index >= 15 is 0 Å². The molecule has 2 nitrogen and oxygen atoms in total. The van der Waals surface area contributed by atoms with Gasteiger partial charge in [0.15, 0.2) is 0 Å². The quantitative estimate of drug-likeness (QED) is 0.294. The lowest BCUT2D eigenvalue weighted by Crippen LogP contribution is -1.97. The highest BCUT2D eigenvalue weighted by Gasteiger charge is 2.11. The second kappa shape index (κ2) is 7.97. The Bertz CT molecular complexity index is 1460. The highest BCUT2D eigenvalue weighted by Crippen LogP contribution is 2.30. The van der Waals surface area contributed by atoms with E-state index in [1.807, 2.05) is 30.3 Å². The van der Waals surface area contributed by atoms with Gasteiger partial charge >= 0.3 is 0 Å². The number of fused-ring (bicyclic) bond motifs is 2. The van der Waals surface area contributed by atoms with Crippen LogP contribution < -0.4 is 0 Å². The van der Waals surface area contributed by atoms with Crippen LogP contribution in [0.25, 0.3) is 33.3 Å². The summed E-state index contributed by atoms with van der Waals surface area (Å²) in [5, 5.41) is 13.4. The van der Waals surface area contributed by atoms with Gasteiger partial charge in [-0.3, -0.25) is 0 Å². The van der Waals surface area contributed by atoms with E-state index in [9.17, 15) is 5.26 Å². The van der Waals surface area contributed by atoms with Crippen LogP contribution in [0.5, 0.6) is 0 Å². The SMILES string of the molecule is Cc1ccc(Cn2cc(/C=C(\C#N)c3cccc4ccccc34)c3ccccc32)cc1. The molecule has 148 valence electrons. The molecule has 0 unspecified atom stereocenters. The number of allylic oxidation sites excluding steroid dienone is 1. The van der Waals surface area contributed by atoms with Crippen molar-refractivity contribution < 1.29 is 0 Å². The summed E-state index contributed by atoms with van der Waals surface area (Å²) >= 11 is 0. The van der Waals surface area contributed by atoms with Crippen molar-refractivity contribution in [3.63, 3.8) is 0 Å². The number of hydrogen-bond donors (Lipinski definition) is 0. The van der Waals surface area contributed by atoms with Crippen molar-refractivity contribution in [1.29, 1.82) is 5.26 Å². The van der Waals surface area contributed by atoms with Gasteiger partial charge in [-0.05, 0) is 35.4 Å². The minimum Gasteiger partial charge on any atom is -0.342 e. The van der Waals surface area contributed by atoms with Gasteiger partial charge in [-0.15, -0.1) is 0 Å². The number of rotatable bonds is 4. The van der Waals surface area contributed by atoms with Gasteiger partial charge < -0.3 is 4.57 Å². The van der Waals surface area contributed by atoms with Crippen molar-refractivity contribution >= 4 is 33.3 Å². The molecule has 0 radical (unpaired) electrons. The minimum absolute atomic E-state index is 0.676. The van der Waals surface area contributed by atoms with Gasteiger partial charge in [0, 0.05) is 34.8 Å². The fourth-order valence-corrected chi connectivity index (χ4v) is 4.20. The van der Waals surface area contributed by atoms with Crippen molar-refractivity contribution in [1.82, 2.24) is 4.57 Å². The van der Waals surface area contributed by atoms with E-state index in [0.717, 1.165) is 33.8 Å². The Labute approximate surface area is 182 Å². The first-order chi connectivity index (χ1) is 15.2. The summed E-state index contributed by atoms with van der Waals surface area (Å²) < 4.78 is 2.27. The van der Waals surface area contributed by atoms with E-state index < -0.39 is 0 Å². The first kappa shape index (κ1) is 18.9. The van der Waals surface area contributed by atoms with Gasteiger partial charge in [0.25, 0.3) is 0 Å². The van der Waals surface area contributed by atoms with Crippen molar-refractivity contribution in [2.45, 2.75) is 13.5 Å². The molecule has 0 atom stereocenters. The standard InChI is InChI=1S/C29H22N2/c1-21-13-15-22(16-14-21)19-31-20-25(28-10-4-5-12-29(28)31)17-24(18-30)27-11-6-8-23-7-2-3-9-26(23)27/h2-17,20H,19H2,1H3/b24-17+. The molecular weight excluding hydrogens is 376 g/mol. The monoisotopic (exact) mass is 398 g/mol. The van der Waals surface area contributed by atoms with Crippen LogP contribution in [0, 0.1) is 18.3 Å². The number of aromatic nitrogens is 1. The predicted molar refractivity (Wildman–Crippen MR) is 130 cm³/mol. The molecule has 0 amide bonds. The number of benzene rings is 4. The van der Waals surface area contributed by atoms with Gasteiger partial charge in [-0.25, -0.2) is 0 Å². The van der Waals surface area contributed by atoms with Crippen molar-refractivity contribution in [3.05, 3.63) is 119 Å². The molecule has 0 aliphatic rings. The number of hydrogen-bond acceptors (Lipinski definition) is 1.